The van der Waals surface area contributed by atoms with E-state index in [1.807, 2.05) is 18.2 Å². The van der Waals surface area contributed by atoms with Gasteiger partial charge < -0.3 is 25.0 Å². The highest BCUT2D eigenvalue weighted by atomic mass is 32.2. The average Bonchev–Trinajstić information content (AvgIpc) is 2.99. The van der Waals surface area contributed by atoms with Gasteiger partial charge in [-0.3, -0.25) is 4.79 Å². The maximum absolute atomic E-state index is 13.0. The van der Waals surface area contributed by atoms with Crippen molar-refractivity contribution in [3.05, 3.63) is 59.2 Å². The Kier molecular flexibility index (Phi) is 15.0. The molecule has 42 heavy (non-hydrogen) atoms. The van der Waals surface area contributed by atoms with Crippen LogP contribution in [-0.4, -0.2) is 56.2 Å². The Morgan fingerprint density at radius 2 is 1.71 bits per heavy atom. The van der Waals surface area contributed by atoms with E-state index in [9.17, 15) is 23.4 Å². The van der Waals surface area contributed by atoms with E-state index in [0.717, 1.165) is 102 Å². The van der Waals surface area contributed by atoms with Crippen molar-refractivity contribution < 1.29 is 32.9 Å². The van der Waals surface area contributed by atoms with Crippen molar-refractivity contribution in [2.45, 2.75) is 107 Å². The number of esters is 1. The summed E-state index contributed by atoms with van der Waals surface area (Å²) in [6.07, 6.45) is 11.0. The lowest BCUT2D eigenvalue weighted by Gasteiger charge is -2.22. The average molecular weight is 604 g/mol. The molecule has 1 atom stereocenters. The summed E-state index contributed by atoms with van der Waals surface area (Å²) in [5.41, 5.74) is 2.22. The summed E-state index contributed by atoms with van der Waals surface area (Å²) in [4.78, 5) is 11.7. The molecular formula is C33H49NO7S. The van der Waals surface area contributed by atoms with Crippen LogP contribution in [0.25, 0.3) is 0 Å². The number of rotatable bonds is 19. The highest BCUT2D eigenvalue weighted by Gasteiger charge is 2.28. The fourth-order valence-electron chi connectivity index (χ4n) is 5.43. The van der Waals surface area contributed by atoms with Crippen molar-refractivity contribution in [1.29, 1.82) is 0 Å². The van der Waals surface area contributed by atoms with Crippen LogP contribution in [-0.2, 0) is 32.4 Å². The number of unbranched alkanes of at least 4 members (excludes halogenated alkanes) is 4. The molecule has 0 heterocycles. The number of carbonyl (C=O) groups is 1. The lowest BCUT2D eigenvalue weighted by Crippen LogP contribution is -2.24. The van der Waals surface area contributed by atoms with Crippen LogP contribution in [0.3, 0.4) is 0 Å². The first kappa shape index (κ1) is 34.2. The molecule has 0 aromatic heterocycles. The molecule has 0 saturated heterocycles. The van der Waals surface area contributed by atoms with Gasteiger partial charge in [-0.05, 0) is 86.9 Å². The number of nitrogens with one attached hydrogen (secondary N) is 1. The van der Waals surface area contributed by atoms with E-state index >= 15 is 0 Å². The first-order chi connectivity index (χ1) is 20.3. The number of carbonyl (C=O) groups excluding carboxylic acids is 1. The molecule has 2 aromatic rings. The molecule has 2 aromatic carbocycles. The quantitative estimate of drug-likeness (QED) is 0.110. The van der Waals surface area contributed by atoms with Gasteiger partial charge in [0.1, 0.15) is 5.75 Å². The second kappa shape index (κ2) is 18.4. The topological polar surface area (TPSA) is 122 Å². The molecule has 1 aliphatic rings. The lowest BCUT2D eigenvalue weighted by molar-refractivity contribution is -0.131. The van der Waals surface area contributed by atoms with Gasteiger partial charge in [0, 0.05) is 32.2 Å². The summed E-state index contributed by atoms with van der Waals surface area (Å²) < 4.78 is 36.9. The molecule has 0 radical (unpaired) electrons. The van der Waals surface area contributed by atoms with Crippen LogP contribution in [0, 0.1) is 0 Å². The Morgan fingerprint density at radius 3 is 2.45 bits per heavy atom. The van der Waals surface area contributed by atoms with Crippen LogP contribution < -0.4 is 10.1 Å². The van der Waals surface area contributed by atoms with Crippen LogP contribution in [0.2, 0.25) is 0 Å². The smallest absolute Gasteiger partial charge is 0.308 e. The second-order valence-electron chi connectivity index (χ2n) is 11.3. The molecule has 0 aliphatic heterocycles. The van der Waals surface area contributed by atoms with Crippen molar-refractivity contribution in [2.75, 3.05) is 26.3 Å². The Bertz CT molecular complexity index is 1190. The predicted octanol–water partition coefficient (Wildman–Crippen LogP) is 5.43. The maximum Gasteiger partial charge on any atom is 0.308 e. The van der Waals surface area contributed by atoms with Crippen molar-refractivity contribution in [2.24, 2.45) is 0 Å². The minimum atomic E-state index is -3.22. The third-order valence-electron chi connectivity index (χ3n) is 7.85. The third-order valence-corrected chi connectivity index (χ3v) is 10.1. The standard InChI is InChI=1S/C33H49NO7S/c1-26(36)41-33-18-17-28(23-29(33)25-35)32(37)24-34-19-8-2-3-9-20-40-21-10-7-12-27-13-11-16-31(22-27)42(38,39)30-14-5-4-6-15-30/h11,13,16-18,22-23,30,32,34-35,37H,2-10,12,14-15,19-21,24-25H2,1H3. The van der Waals surface area contributed by atoms with Gasteiger partial charge in [-0.15, -0.1) is 0 Å². The van der Waals surface area contributed by atoms with E-state index in [1.54, 1.807) is 24.3 Å². The summed E-state index contributed by atoms with van der Waals surface area (Å²) in [7, 11) is -3.22. The lowest BCUT2D eigenvalue weighted by atomic mass is 10.0. The van der Waals surface area contributed by atoms with Crippen molar-refractivity contribution in [1.82, 2.24) is 5.32 Å². The number of hydrogen-bond donors (Lipinski definition) is 3. The van der Waals surface area contributed by atoms with Gasteiger partial charge >= 0.3 is 5.97 Å². The van der Waals surface area contributed by atoms with Crippen LogP contribution in [0.4, 0.5) is 0 Å². The maximum atomic E-state index is 13.0. The summed E-state index contributed by atoms with van der Waals surface area (Å²) in [5.74, 6) is -0.145. The molecule has 0 amide bonds. The van der Waals surface area contributed by atoms with Crippen LogP contribution in [0.5, 0.6) is 5.75 Å². The zero-order chi connectivity index (χ0) is 30.2. The fourth-order valence-corrected chi connectivity index (χ4v) is 7.35. The molecular weight excluding hydrogens is 554 g/mol. The molecule has 0 spiro atoms. The number of aryl methyl sites for hydroxylation is 1. The summed E-state index contributed by atoms with van der Waals surface area (Å²) in [6, 6.07) is 12.5. The molecule has 234 valence electrons. The first-order valence-electron chi connectivity index (χ1n) is 15.5. The Hall–Kier alpha value is -2.30. The molecule has 1 unspecified atom stereocenters. The highest BCUT2D eigenvalue weighted by molar-refractivity contribution is 7.92. The van der Waals surface area contributed by atoms with E-state index in [1.165, 1.54) is 6.92 Å². The largest absolute Gasteiger partial charge is 0.426 e. The minimum Gasteiger partial charge on any atom is -0.426 e. The van der Waals surface area contributed by atoms with Gasteiger partial charge in [-0.1, -0.05) is 50.3 Å². The highest BCUT2D eigenvalue weighted by Crippen LogP contribution is 2.29. The van der Waals surface area contributed by atoms with Crippen molar-refractivity contribution in [3.63, 3.8) is 0 Å². The Labute approximate surface area is 251 Å². The van der Waals surface area contributed by atoms with E-state index in [-0.39, 0.29) is 11.9 Å². The van der Waals surface area contributed by atoms with Crippen molar-refractivity contribution >= 4 is 15.8 Å². The minimum absolute atomic E-state index is 0.216. The first-order valence-corrected chi connectivity index (χ1v) is 17.1. The number of benzene rings is 2. The zero-order valence-electron chi connectivity index (χ0n) is 25.1. The van der Waals surface area contributed by atoms with Crippen molar-refractivity contribution in [3.8, 4) is 5.75 Å². The van der Waals surface area contributed by atoms with E-state index in [4.69, 9.17) is 9.47 Å². The monoisotopic (exact) mass is 603 g/mol. The van der Waals surface area contributed by atoms with Gasteiger partial charge in [0.25, 0.3) is 0 Å². The number of ether oxygens (including phenoxy) is 2. The molecule has 9 heteroatoms. The predicted molar refractivity (Wildman–Crippen MR) is 164 cm³/mol. The van der Waals surface area contributed by atoms with Gasteiger partial charge in [-0.2, -0.15) is 0 Å². The Balaban J connectivity index is 1.19. The van der Waals surface area contributed by atoms with E-state index in [0.29, 0.717) is 28.3 Å². The number of aliphatic hydroxyl groups is 2. The normalized spacial score (nSPS) is 15.0. The zero-order valence-corrected chi connectivity index (χ0v) is 25.9. The number of aliphatic hydroxyl groups excluding tert-OH is 2. The SMILES string of the molecule is CC(=O)Oc1ccc(C(O)CNCCCCCCOCCCCc2cccc(S(=O)(=O)C3CCCCC3)c2)cc1CO. The van der Waals surface area contributed by atoms with Gasteiger partial charge in [0.2, 0.25) is 0 Å². The summed E-state index contributed by atoms with van der Waals surface area (Å²) in [6.45, 7) is 3.71. The van der Waals surface area contributed by atoms with E-state index in [2.05, 4.69) is 5.32 Å². The van der Waals surface area contributed by atoms with Gasteiger partial charge in [0.15, 0.2) is 9.84 Å². The van der Waals surface area contributed by atoms with Crippen LogP contribution in [0.1, 0.15) is 100 Å². The van der Waals surface area contributed by atoms with Crippen LogP contribution in [0.15, 0.2) is 47.4 Å². The number of sulfone groups is 1. The third kappa shape index (κ3) is 11.4. The Morgan fingerprint density at radius 1 is 0.976 bits per heavy atom. The van der Waals surface area contributed by atoms with Gasteiger partial charge in [-0.25, -0.2) is 8.42 Å². The second-order valence-corrected chi connectivity index (χ2v) is 13.5. The molecule has 3 N–H and O–H groups in total. The summed E-state index contributed by atoms with van der Waals surface area (Å²) >= 11 is 0. The molecule has 8 nitrogen and oxygen atoms in total. The van der Waals surface area contributed by atoms with Gasteiger partial charge in [0.05, 0.1) is 22.9 Å². The molecule has 1 fully saturated rings. The summed E-state index contributed by atoms with van der Waals surface area (Å²) in [5, 5.41) is 23.0. The van der Waals surface area contributed by atoms with Crippen LogP contribution >= 0.6 is 0 Å². The molecule has 1 aliphatic carbocycles. The molecule has 3 rings (SSSR count). The van der Waals surface area contributed by atoms with E-state index < -0.39 is 21.9 Å². The fraction of sp³-hybridized carbons (Fsp3) is 0.606. The molecule has 0 bridgehead atoms. The number of hydrogen-bond acceptors (Lipinski definition) is 8. The molecule has 1 saturated carbocycles.